The standard InChI is InChI=1S/C11H22OS/c1-10(2,3)7-8(13)9(12)11(4,5)6/h8,13H,7H2,1-6H3. The van der Waals surface area contributed by atoms with Gasteiger partial charge in [-0.25, -0.2) is 0 Å². The van der Waals surface area contributed by atoms with Crippen LogP contribution in [0.2, 0.25) is 0 Å². The Kier molecular flexibility index (Phi) is 4.04. The first-order chi connectivity index (χ1) is 5.54. The summed E-state index contributed by atoms with van der Waals surface area (Å²) in [5, 5.41) is -0.125. The quantitative estimate of drug-likeness (QED) is 0.680. The number of rotatable bonds is 2. The number of ketones is 1. The lowest BCUT2D eigenvalue weighted by Gasteiger charge is -2.26. The van der Waals surface area contributed by atoms with Crippen LogP contribution in [0.4, 0.5) is 0 Å². The molecule has 0 aliphatic rings. The van der Waals surface area contributed by atoms with Crippen molar-refractivity contribution in [3.05, 3.63) is 0 Å². The van der Waals surface area contributed by atoms with Gasteiger partial charge in [-0.1, -0.05) is 41.5 Å². The monoisotopic (exact) mass is 202 g/mol. The van der Waals surface area contributed by atoms with Crippen LogP contribution in [0.1, 0.15) is 48.0 Å². The molecule has 0 amide bonds. The molecule has 1 unspecified atom stereocenters. The van der Waals surface area contributed by atoms with Gasteiger partial charge < -0.3 is 0 Å². The Bertz CT molecular complexity index is 183. The van der Waals surface area contributed by atoms with Crippen molar-refractivity contribution in [2.24, 2.45) is 10.8 Å². The fourth-order valence-electron chi connectivity index (χ4n) is 1.17. The van der Waals surface area contributed by atoms with Gasteiger partial charge in [0, 0.05) is 5.41 Å². The molecule has 0 rings (SSSR count). The van der Waals surface area contributed by atoms with E-state index in [2.05, 4.69) is 33.4 Å². The molecular formula is C11H22OS. The summed E-state index contributed by atoms with van der Waals surface area (Å²) in [6, 6.07) is 0. The lowest BCUT2D eigenvalue weighted by molar-refractivity contribution is -0.126. The number of carbonyl (C=O) groups is 1. The van der Waals surface area contributed by atoms with E-state index in [0.29, 0.717) is 0 Å². The van der Waals surface area contributed by atoms with Crippen LogP contribution >= 0.6 is 12.6 Å². The smallest absolute Gasteiger partial charge is 0.150 e. The minimum atomic E-state index is -0.266. The van der Waals surface area contributed by atoms with Gasteiger partial charge in [0.15, 0.2) is 5.78 Å². The largest absolute Gasteiger partial charge is 0.298 e. The lowest BCUT2D eigenvalue weighted by atomic mass is 9.82. The molecule has 0 radical (unpaired) electrons. The second kappa shape index (κ2) is 4.04. The van der Waals surface area contributed by atoms with Crippen LogP contribution in [0.25, 0.3) is 0 Å². The van der Waals surface area contributed by atoms with Crippen LogP contribution in [-0.2, 0) is 4.79 Å². The SMILES string of the molecule is CC(C)(C)CC(S)C(=O)C(C)(C)C. The van der Waals surface area contributed by atoms with Crippen molar-refractivity contribution in [2.45, 2.75) is 53.2 Å². The summed E-state index contributed by atoms with van der Waals surface area (Å²) in [6.45, 7) is 12.2. The van der Waals surface area contributed by atoms with E-state index in [-0.39, 0.29) is 21.9 Å². The van der Waals surface area contributed by atoms with Crippen molar-refractivity contribution in [1.82, 2.24) is 0 Å². The van der Waals surface area contributed by atoms with Crippen LogP contribution in [0.5, 0.6) is 0 Å². The van der Waals surface area contributed by atoms with Gasteiger partial charge in [0.05, 0.1) is 5.25 Å². The molecular weight excluding hydrogens is 180 g/mol. The summed E-state index contributed by atoms with van der Waals surface area (Å²) in [4.78, 5) is 11.8. The van der Waals surface area contributed by atoms with Crippen molar-refractivity contribution >= 4 is 18.4 Å². The molecule has 2 heteroatoms. The molecule has 1 nitrogen and oxygen atoms in total. The van der Waals surface area contributed by atoms with E-state index in [1.54, 1.807) is 0 Å². The van der Waals surface area contributed by atoms with E-state index in [1.807, 2.05) is 20.8 Å². The lowest BCUT2D eigenvalue weighted by Crippen LogP contribution is -2.31. The molecule has 0 aromatic heterocycles. The number of hydrogen-bond acceptors (Lipinski definition) is 2. The minimum absolute atomic E-state index is 0.125. The zero-order valence-electron chi connectivity index (χ0n) is 9.64. The zero-order chi connectivity index (χ0) is 10.9. The third-order valence-electron chi connectivity index (χ3n) is 1.85. The third-order valence-corrected chi connectivity index (χ3v) is 2.26. The highest BCUT2D eigenvalue weighted by Gasteiger charge is 2.29. The molecule has 13 heavy (non-hydrogen) atoms. The number of thiol groups is 1. The number of carbonyl (C=O) groups excluding carboxylic acids is 1. The Morgan fingerprint density at radius 2 is 1.54 bits per heavy atom. The molecule has 0 fully saturated rings. The maximum absolute atomic E-state index is 11.8. The summed E-state index contributed by atoms with van der Waals surface area (Å²) in [6.07, 6.45) is 0.839. The van der Waals surface area contributed by atoms with Gasteiger partial charge in [-0.2, -0.15) is 12.6 Å². The van der Waals surface area contributed by atoms with E-state index >= 15 is 0 Å². The second-order valence-corrected chi connectivity index (χ2v) is 6.52. The normalized spacial score (nSPS) is 15.6. The van der Waals surface area contributed by atoms with Crippen LogP contribution < -0.4 is 0 Å². The Morgan fingerprint density at radius 1 is 1.15 bits per heavy atom. The zero-order valence-corrected chi connectivity index (χ0v) is 10.5. The summed E-state index contributed by atoms with van der Waals surface area (Å²) in [5.74, 6) is 0.241. The highest BCUT2D eigenvalue weighted by atomic mass is 32.1. The number of hydrogen-bond donors (Lipinski definition) is 1. The van der Waals surface area contributed by atoms with Crippen molar-refractivity contribution in [3.63, 3.8) is 0 Å². The predicted molar refractivity (Wildman–Crippen MR) is 61.3 cm³/mol. The van der Waals surface area contributed by atoms with Crippen molar-refractivity contribution in [3.8, 4) is 0 Å². The van der Waals surface area contributed by atoms with Crippen LogP contribution in [0.15, 0.2) is 0 Å². The molecule has 0 saturated carbocycles. The van der Waals surface area contributed by atoms with Crippen molar-refractivity contribution < 1.29 is 4.79 Å². The molecule has 0 spiro atoms. The highest BCUT2D eigenvalue weighted by Crippen LogP contribution is 2.28. The van der Waals surface area contributed by atoms with Crippen molar-refractivity contribution in [1.29, 1.82) is 0 Å². The van der Waals surface area contributed by atoms with Crippen LogP contribution in [0, 0.1) is 10.8 Å². The molecule has 0 N–H and O–H groups in total. The predicted octanol–water partition coefficient (Wildman–Crippen LogP) is 3.34. The summed E-state index contributed by atoms with van der Waals surface area (Å²) >= 11 is 4.36. The van der Waals surface area contributed by atoms with Gasteiger partial charge in [-0.15, -0.1) is 0 Å². The fourth-order valence-corrected chi connectivity index (χ4v) is 2.11. The summed E-state index contributed by atoms with van der Waals surface area (Å²) in [7, 11) is 0. The first-order valence-electron chi connectivity index (χ1n) is 4.76. The van der Waals surface area contributed by atoms with Gasteiger partial charge in [0.25, 0.3) is 0 Å². The maximum Gasteiger partial charge on any atom is 0.150 e. The molecule has 0 saturated heterocycles. The Labute approximate surface area is 87.7 Å². The molecule has 0 aliphatic heterocycles. The molecule has 78 valence electrons. The average Bonchev–Trinajstić information content (AvgIpc) is 1.79. The first-order valence-corrected chi connectivity index (χ1v) is 5.28. The first kappa shape index (κ1) is 13.0. The molecule has 0 bridgehead atoms. The average molecular weight is 202 g/mol. The second-order valence-electron chi connectivity index (χ2n) is 5.89. The topological polar surface area (TPSA) is 17.1 Å². The van der Waals surface area contributed by atoms with E-state index in [4.69, 9.17) is 0 Å². The van der Waals surface area contributed by atoms with Crippen LogP contribution in [0.3, 0.4) is 0 Å². The van der Waals surface area contributed by atoms with Crippen LogP contribution in [-0.4, -0.2) is 11.0 Å². The summed E-state index contributed by atoms with van der Waals surface area (Å²) in [5.41, 5.74) is -0.0923. The molecule has 0 heterocycles. The molecule has 0 aliphatic carbocycles. The Morgan fingerprint density at radius 3 is 1.77 bits per heavy atom. The molecule has 0 aromatic rings. The maximum atomic E-state index is 11.8. The summed E-state index contributed by atoms with van der Waals surface area (Å²) < 4.78 is 0. The van der Waals surface area contributed by atoms with E-state index in [1.165, 1.54) is 0 Å². The van der Waals surface area contributed by atoms with Gasteiger partial charge in [-0.05, 0) is 11.8 Å². The molecule has 1 atom stereocenters. The Balaban J connectivity index is 4.30. The minimum Gasteiger partial charge on any atom is -0.298 e. The van der Waals surface area contributed by atoms with E-state index < -0.39 is 0 Å². The highest BCUT2D eigenvalue weighted by molar-refractivity contribution is 7.81. The van der Waals surface area contributed by atoms with Gasteiger partial charge in [-0.3, -0.25) is 4.79 Å². The molecule has 0 aromatic carbocycles. The third kappa shape index (κ3) is 5.35. The number of Topliss-reactive ketones (excluding diaryl/α,β-unsaturated/α-hetero) is 1. The van der Waals surface area contributed by atoms with Gasteiger partial charge >= 0.3 is 0 Å². The van der Waals surface area contributed by atoms with Crippen molar-refractivity contribution in [2.75, 3.05) is 0 Å². The van der Waals surface area contributed by atoms with E-state index in [0.717, 1.165) is 6.42 Å². The van der Waals surface area contributed by atoms with Gasteiger partial charge in [0.2, 0.25) is 0 Å². The van der Waals surface area contributed by atoms with Gasteiger partial charge in [0.1, 0.15) is 0 Å². The Hall–Kier alpha value is 0.0200. The fraction of sp³-hybridized carbons (Fsp3) is 0.909. The van der Waals surface area contributed by atoms with E-state index in [9.17, 15) is 4.79 Å².